The molecule has 1 fully saturated rings. The molecule has 0 saturated heterocycles. The van der Waals surface area contributed by atoms with Gasteiger partial charge in [0.1, 0.15) is 11.6 Å². The molecule has 26 heavy (non-hydrogen) atoms. The van der Waals surface area contributed by atoms with E-state index in [1.807, 2.05) is 20.8 Å². The van der Waals surface area contributed by atoms with Crippen molar-refractivity contribution < 1.29 is 0 Å². The van der Waals surface area contributed by atoms with Gasteiger partial charge in [-0.25, -0.2) is 9.97 Å². The third kappa shape index (κ3) is 4.08. The van der Waals surface area contributed by atoms with Crippen LogP contribution in [0, 0.1) is 12.8 Å². The molecule has 1 heterocycles. The summed E-state index contributed by atoms with van der Waals surface area (Å²) >= 11 is 0. The second-order valence-corrected chi connectivity index (χ2v) is 7.35. The number of hydrogen-bond donors (Lipinski definition) is 0. The molecule has 2 aromatic rings. The molecule has 140 valence electrons. The molecule has 1 aromatic carbocycles. The molecule has 1 unspecified atom stereocenters. The Hall–Kier alpha value is -1.90. The van der Waals surface area contributed by atoms with Gasteiger partial charge in [-0.3, -0.25) is 0 Å². The predicted octanol–water partition coefficient (Wildman–Crippen LogP) is 5.52. The molecule has 0 bridgehead atoms. The highest BCUT2D eigenvalue weighted by molar-refractivity contribution is 5.54. The lowest BCUT2D eigenvalue weighted by Gasteiger charge is -2.26. The number of nitrogens with zero attached hydrogens (tertiary/aromatic N) is 3. The van der Waals surface area contributed by atoms with Gasteiger partial charge in [-0.1, -0.05) is 51.1 Å². The Morgan fingerprint density at radius 2 is 1.77 bits per heavy atom. The topological polar surface area (TPSA) is 29.0 Å². The van der Waals surface area contributed by atoms with Gasteiger partial charge in [0, 0.05) is 24.6 Å². The summed E-state index contributed by atoms with van der Waals surface area (Å²) in [5.41, 5.74) is 4.08. The maximum atomic E-state index is 4.89. The zero-order valence-electron chi connectivity index (χ0n) is 16.8. The molecule has 0 N–H and O–H groups in total. The van der Waals surface area contributed by atoms with Crippen LogP contribution in [0.5, 0.6) is 0 Å². The third-order valence-corrected chi connectivity index (χ3v) is 5.31. The summed E-state index contributed by atoms with van der Waals surface area (Å²) in [6, 6.07) is 10.8. The van der Waals surface area contributed by atoms with Crippen LogP contribution in [0.1, 0.15) is 75.0 Å². The summed E-state index contributed by atoms with van der Waals surface area (Å²) < 4.78 is 0. The number of benzene rings is 1. The summed E-state index contributed by atoms with van der Waals surface area (Å²) in [5, 5.41) is 0. The summed E-state index contributed by atoms with van der Waals surface area (Å²) in [5.74, 6) is 3.47. The SMILES string of the molecule is CC.CCCN(CC1CC1)c1nc(C)nc2c1CCC2c1ccccc1. The second-order valence-electron chi connectivity index (χ2n) is 7.35. The minimum absolute atomic E-state index is 0.436. The van der Waals surface area contributed by atoms with Gasteiger partial charge in [0.2, 0.25) is 0 Å². The van der Waals surface area contributed by atoms with Crippen LogP contribution >= 0.6 is 0 Å². The largest absolute Gasteiger partial charge is 0.356 e. The first kappa shape index (κ1) is 18.9. The molecule has 4 rings (SSSR count). The predicted molar refractivity (Wildman–Crippen MR) is 110 cm³/mol. The quantitative estimate of drug-likeness (QED) is 0.686. The Morgan fingerprint density at radius 3 is 2.42 bits per heavy atom. The Balaban J connectivity index is 0.000000948. The zero-order valence-corrected chi connectivity index (χ0v) is 16.8. The van der Waals surface area contributed by atoms with Gasteiger partial charge in [-0.05, 0) is 50.5 Å². The van der Waals surface area contributed by atoms with E-state index in [9.17, 15) is 0 Å². The number of anilines is 1. The highest BCUT2D eigenvalue weighted by atomic mass is 15.2. The second kappa shape index (κ2) is 8.66. The fourth-order valence-corrected chi connectivity index (χ4v) is 3.99. The van der Waals surface area contributed by atoms with E-state index >= 15 is 0 Å². The Kier molecular flexibility index (Phi) is 6.29. The standard InChI is InChI=1S/C21H27N3.C2H6/c1-3-13-24(14-16-9-10-16)21-19-12-11-18(17-7-5-4-6-8-17)20(19)22-15(2)23-21;1-2/h4-8,16,18H,3,9-14H2,1-2H3;1-2H3. The first-order valence-electron chi connectivity index (χ1n) is 10.4. The first-order valence-corrected chi connectivity index (χ1v) is 10.4. The molecule has 2 aliphatic carbocycles. The maximum absolute atomic E-state index is 4.89. The van der Waals surface area contributed by atoms with Crippen LogP contribution in [0.15, 0.2) is 30.3 Å². The molecule has 1 saturated carbocycles. The van der Waals surface area contributed by atoms with Gasteiger partial charge in [0.05, 0.1) is 5.69 Å². The van der Waals surface area contributed by atoms with Crippen LogP contribution < -0.4 is 4.90 Å². The molecule has 0 radical (unpaired) electrons. The van der Waals surface area contributed by atoms with E-state index in [0.29, 0.717) is 5.92 Å². The lowest BCUT2D eigenvalue weighted by molar-refractivity contribution is 0.691. The van der Waals surface area contributed by atoms with Crippen LogP contribution in [-0.2, 0) is 6.42 Å². The maximum Gasteiger partial charge on any atom is 0.135 e. The van der Waals surface area contributed by atoms with Crippen LogP contribution in [0.4, 0.5) is 5.82 Å². The van der Waals surface area contributed by atoms with Crippen molar-refractivity contribution in [3.8, 4) is 0 Å². The van der Waals surface area contributed by atoms with Crippen molar-refractivity contribution in [3.63, 3.8) is 0 Å². The summed E-state index contributed by atoms with van der Waals surface area (Å²) in [7, 11) is 0. The van der Waals surface area contributed by atoms with Gasteiger partial charge < -0.3 is 4.90 Å². The van der Waals surface area contributed by atoms with E-state index in [2.05, 4.69) is 42.2 Å². The smallest absolute Gasteiger partial charge is 0.135 e. The van der Waals surface area contributed by atoms with Gasteiger partial charge in [0.15, 0.2) is 0 Å². The Bertz CT molecular complexity index is 707. The third-order valence-electron chi connectivity index (χ3n) is 5.31. The molecule has 3 nitrogen and oxygen atoms in total. The fourth-order valence-electron chi connectivity index (χ4n) is 3.99. The van der Waals surface area contributed by atoms with Crippen LogP contribution in [0.25, 0.3) is 0 Å². The average molecular weight is 352 g/mol. The van der Waals surface area contributed by atoms with Crippen molar-refractivity contribution in [2.75, 3.05) is 18.0 Å². The van der Waals surface area contributed by atoms with Gasteiger partial charge >= 0.3 is 0 Å². The number of hydrogen-bond acceptors (Lipinski definition) is 3. The van der Waals surface area contributed by atoms with E-state index in [1.165, 1.54) is 48.4 Å². The average Bonchev–Trinajstić information content (AvgIpc) is 3.40. The number of aryl methyl sites for hydroxylation is 1. The van der Waals surface area contributed by atoms with E-state index < -0.39 is 0 Å². The van der Waals surface area contributed by atoms with Gasteiger partial charge in [0.25, 0.3) is 0 Å². The van der Waals surface area contributed by atoms with E-state index in [1.54, 1.807) is 0 Å². The highest BCUT2D eigenvalue weighted by Gasteiger charge is 2.32. The van der Waals surface area contributed by atoms with Crippen LogP contribution in [-0.4, -0.2) is 23.1 Å². The molecule has 1 aromatic heterocycles. The van der Waals surface area contributed by atoms with Gasteiger partial charge in [-0.2, -0.15) is 0 Å². The summed E-state index contributed by atoms with van der Waals surface area (Å²) in [6.07, 6.45) is 6.22. The molecule has 0 amide bonds. The Morgan fingerprint density at radius 1 is 1.04 bits per heavy atom. The normalized spacial score (nSPS) is 18.1. The van der Waals surface area contributed by atoms with Crippen LogP contribution in [0.2, 0.25) is 0 Å². The van der Waals surface area contributed by atoms with Gasteiger partial charge in [-0.15, -0.1) is 0 Å². The molecule has 1 atom stereocenters. The lowest BCUT2D eigenvalue weighted by Crippen LogP contribution is -2.29. The van der Waals surface area contributed by atoms with Crippen LogP contribution in [0.3, 0.4) is 0 Å². The lowest BCUT2D eigenvalue weighted by atomic mass is 9.97. The molecule has 2 aliphatic rings. The molecule has 3 heteroatoms. The summed E-state index contributed by atoms with van der Waals surface area (Å²) in [4.78, 5) is 12.3. The van der Waals surface area contributed by atoms with Crippen molar-refractivity contribution in [1.29, 1.82) is 0 Å². The first-order chi connectivity index (χ1) is 12.8. The highest BCUT2D eigenvalue weighted by Crippen LogP contribution is 2.41. The summed E-state index contributed by atoms with van der Waals surface area (Å²) in [6.45, 7) is 10.6. The van der Waals surface area contributed by atoms with E-state index in [4.69, 9.17) is 9.97 Å². The van der Waals surface area contributed by atoms with Crippen molar-refractivity contribution >= 4 is 5.82 Å². The van der Waals surface area contributed by atoms with Crippen molar-refractivity contribution in [1.82, 2.24) is 9.97 Å². The minimum Gasteiger partial charge on any atom is -0.356 e. The van der Waals surface area contributed by atoms with E-state index in [-0.39, 0.29) is 0 Å². The molecule has 0 aliphatic heterocycles. The molecule has 0 spiro atoms. The monoisotopic (exact) mass is 351 g/mol. The number of rotatable bonds is 6. The zero-order chi connectivity index (χ0) is 18.5. The van der Waals surface area contributed by atoms with Crippen molar-refractivity contribution in [3.05, 3.63) is 53.0 Å². The molecular formula is C23H33N3. The number of fused-ring (bicyclic) bond motifs is 1. The minimum atomic E-state index is 0.436. The molecular weight excluding hydrogens is 318 g/mol. The van der Waals surface area contributed by atoms with E-state index in [0.717, 1.165) is 31.1 Å². The Labute approximate surface area is 158 Å². The fraction of sp³-hybridized carbons (Fsp3) is 0.565. The number of aromatic nitrogens is 2. The van der Waals surface area contributed by atoms with Crippen molar-refractivity contribution in [2.45, 2.75) is 65.7 Å². The van der Waals surface area contributed by atoms with Crippen molar-refractivity contribution in [2.24, 2.45) is 5.92 Å².